The molecule has 4 rings (SSSR count). The number of nitrogens with zero attached hydrogens (tertiary/aromatic N) is 1. The van der Waals surface area contributed by atoms with E-state index in [9.17, 15) is 4.79 Å². The van der Waals surface area contributed by atoms with Gasteiger partial charge >= 0.3 is 0 Å². The van der Waals surface area contributed by atoms with Gasteiger partial charge in [0.2, 0.25) is 0 Å². The van der Waals surface area contributed by atoms with E-state index >= 15 is 0 Å². The van der Waals surface area contributed by atoms with Gasteiger partial charge in [-0.05, 0) is 30.0 Å². The molecule has 1 aliphatic heterocycles. The molecule has 1 heterocycles. The maximum Gasteiger partial charge on any atom is 0.268 e. The first kappa shape index (κ1) is 15.2. The number of hydrogen-bond donors (Lipinski definition) is 0. The summed E-state index contributed by atoms with van der Waals surface area (Å²) >= 11 is 3.57. The highest BCUT2D eigenvalue weighted by Gasteiger charge is 2.32. The number of carbonyl (C=O) groups is 1. The third-order valence-electron chi connectivity index (χ3n) is 4.34. The molecule has 1 unspecified atom stereocenters. The van der Waals surface area contributed by atoms with Crippen LogP contribution in [-0.2, 0) is 11.3 Å². The molecule has 24 heavy (non-hydrogen) atoms. The zero-order chi connectivity index (χ0) is 16.7. The molecule has 120 valence electrons. The number of rotatable bonds is 2. The number of fused-ring (bicyclic) bond motifs is 3. The van der Waals surface area contributed by atoms with Crippen molar-refractivity contribution in [3.8, 4) is 5.75 Å². The van der Waals surface area contributed by atoms with Crippen LogP contribution in [0.3, 0.4) is 0 Å². The summed E-state index contributed by atoms with van der Waals surface area (Å²) < 4.78 is 6.95. The van der Waals surface area contributed by atoms with Crippen molar-refractivity contribution in [1.82, 2.24) is 0 Å². The molecule has 0 saturated heterocycles. The van der Waals surface area contributed by atoms with E-state index in [4.69, 9.17) is 4.74 Å². The SMILES string of the molecule is CC1Oc2c(ccc3ccccc23)N(Cc2ccccc2Br)C1=O. The predicted molar refractivity (Wildman–Crippen MR) is 99.4 cm³/mol. The summed E-state index contributed by atoms with van der Waals surface area (Å²) in [5, 5.41) is 2.14. The lowest BCUT2D eigenvalue weighted by Crippen LogP contribution is -2.44. The van der Waals surface area contributed by atoms with Gasteiger partial charge in [-0.3, -0.25) is 4.79 Å². The molecule has 0 spiro atoms. The molecule has 0 saturated carbocycles. The molecule has 1 aliphatic rings. The van der Waals surface area contributed by atoms with Gasteiger partial charge in [0.25, 0.3) is 5.91 Å². The number of benzene rings is 3. The first-order valence-electron chi connectivity index (χ1n) is 7.88. The summed E-state index contributed by atoms with van der Waals surface area (Å²) in [4.78, 5) is 14.5. The van der Waals surface area contributed by atoms with E-state index in [1.807, 2.05) is 59.5 Å². The molecule has 0 radical (unpaired) electrons. The van der Waals surface area contributed by atoms with Crippen LogP contribution < -0.4 is 9.64 Å². The molecule has 1 atom stereocenters. The molecular weight excluding hydrogens is 366 g/mol. The van der Waals surface area contributed by atoms with E-state index in [-0.39, 0.29) is 5.91 Å². The van der Waals surface area contributed by atoms with E-state index in [0.717, 1.165) is 32.2 Å². The summed E-state index contributed by atoms with van der Waals surface area (Å²) in [6.07, 6.45) is -0.495. The molecule has 3 nitrogen and oxygen atoms in total. The lowest BCUT2D eigenvalue weighted by molar-refractivity contribution is -0.125. The Bertz CT molecular complexity index is 938. The average Bonchev–Trinajstić information content (AvgIpc) is 2.60. The Morgan fingerprint density at radius 2 is 1.79 bits per heavy atom. The van der Waals surface area contributed by atoms with Gasteiger partial charge in [-0.25, -0.2) is 0 Å². The Balaban J connectivity index is 1.85. The van der Waals surface area contributed by atoms with E-state index in [2.05, 4.69) is 22.0 Å². The van der Waals surface area contributed by atoms with E-state index < -0.39 is 6.10 Å². The van der Waals surface area contributed by atoms with Gasteiger partial charge in [-0.1, -0.05) is 64.5 Å². The van der Waals surface area contributed by atoms with E-state index in [0.29, 0.717) is 6.54 Å². The van der Waals surface area contributed by atoms with Crippen LogP contribution in [0.25, 0.3) is 10.8 Å². The normalized spacial score (nSPS) is 16.8. The van der Waals surface area contributed by atoms with Crippen molar-refractivity contribution in [1.29, 1.82) is 0 Å². The van der Waals surface area contributed by atoms with Gasteiger partial charge in [-0.2, -0.15) is 0 Å². The van der Waals surface area contributed by atoms with Crippen molar-refractivity contribution in [3.05, 3.63) is 70.7 Å². The van der Waals surface area contributed by atoms with Crippen molar-refractivity contribution in [2.45, 2.75) is 19.6 Å². The predicted octanol–water partition coefficient (Wildman–Crippen LogP) is 4.92. The smallest absolute Gasteiger partial charge is 0.268 e. The highest BCUT2D eigenvalue weighted by molar-refractivity contribution is 9.10. The molecule has 3 aromatic rings. The third kappa shape index (κ3) is 2.47. The summed E-state index contributed by atoms with van der Waals surface area (Å²) in [5.74, 6) is 0.765. The summed E-state index contributed by atoms with van der Waals surface area (Å²) in [6.45, 7) is 2.32. The zero-order valence-electron chi connectivity index (χ0n) is 13.2. The van der Waals surface area contributed by atoms with Crippen molar-refractivity contribution in [2.24, 2.45) is 0 Å². The van der Waals surface area contributed by atoms with Gasteiger partial charge in [0, 0.05) is 9.86 Å². The van der Waals surface area contributed by atoms with Gasteiger partial charge in [-0.15, -0.1) is 0 Å². The highest BCUT2D eigenvalue weighted by Crippen LogP contribution is 2.41. The lowest BCUT2D eigenvalue weighted by atomic mass is 10.0. The molecule has 0 fully saturated rings. The maximum atomic E-state index is 12.7. The lowest BCUT2D eigenvalue weighted by Gasteiger charge is -2.34. The van der Waals surface area contributed by atoms with Crippen LogP contribution in [0.15, 0.2) is 65.1 Å². The van der Waals surface area contributed by atoms with Crippen LogP contribution in [0.5, 0.6) is 5.75 Å². The molecule has 3 aromatic carbocycles. The monoisotopic (exact) mass is 381 g/mol. The average molecular weight is 382 g/mol. The van der Waals surface area contributed by atoms with Crippen LogP contribution in [0.1, 0.15) is 12.5 Å². The summed E-state index contributed by atoms with van der Waals surface area (Å²) in [5.41, 5.74) is 1.90. The second-order valence-corrected chi connectivity index (χ2v) is 6.77. The molecule has 0 bridgehead atoms. The second kappa shape index (κ2) is 5.95. The second-order valence-electron chi connectivity index (χ2n) is 5.91. The third-order valence-corrected chi connectivity index (χ3v) is 5.12. The molecule has 0 aromatic heterocycles. The molecule has 0 aliphatic carbocycles. The summed E-state index contributed by atoms with van der Waals surface area (Å²) in [6, 6.07) is 20.1. The number of carbonyl (C=O) groups excluding carboxylic acids is 1. The standard InChI is InChI=1S/C20H16BrNO2/c1-13-20(23)22(12-15-7-3-5-9-17(15)21)18-11-10-14-6-2-4-8-16(14)19(18)24-13/h2-11,13H,12H2,1H3. The number of amides is 1. The minimum atomic E-state index is -0.495. The highest BCUT2D eigenvalue weighted by atomic mass is 79.9. The van der Waals surface area contributed by atoms with Crippen LogP contribution in [0.2, 0.25) is 0 Å². The van der Waals surface area contributed by atoms with Gasteiger partial charge in [0.15, 0.2) is 11.9 Å². The zero-order valence-corrected chi connectivity index (χ0v) is 14.8. The fraction of sp³-hybridized carbons (Fsp3) is 0.150. The van der Waals surface area contributed by atoms with E-state index in [1.54, 1.807) is 6.92 Å². The Morgan fingerprint density at radius 1 is 1.04 bits per heavy atom. The van der Waals surface area contributed by atoms with Crippen molar-refractivity contribution >= 4 is 38.3 Å². The van der Waals surface area contributed by atoms with Gasteiger partial charge in [0.1, 0.15) is 0 Å². The Morgan fingerprint density at radius 3 is 2.62 bits per heavy atom. The van der Waals surface area contributed by atoms with Gasteiger partial charge in [0.05, 0.1) is 12.2 Å². The first-order valence-corrected chi connectivity index (χ1v) is 8.67. The molecule has 0 N–H and O–H groups in total. The number of hydrogen-bond acceptors (Lipinski definition) is 2. The molecule has 1 amide bonds. The number of halogens is 1. The van der Waals surface area contributed by atoms with Crippen molar-refractivity contribution < 1.29 is 9.53 Å². The fourth-order valence-corrected chi connectivity index (χ4v) is 3.50. The largest absolute Gasteiger partial charge is 0.478 e. The number of anilines is 1. The molecular formula is C20H16BrNO2. The van der Waals surface area contributed by atoms with Crippen molar-refractivity contribution in [3.63, 3.8) is 0 Å². The van der Waals surface area contributed by atoms with Crippen LogP contribution in [-0.4, -0.2) is 12.0 Å². The van der Waals surface area contributed by atoms with Crippen LogP contribution in [0.4, 0.5) is 5.69 Å². The summed E-state index contributed by atoms with van der Waals surface area (Å²) in [7, 11) is 0. The van der Waals surface area contributed by atoms with Gasteiger partial charge < -0.3 is 9.64 Å². The van der Waals surface area contributed by atoms with Crippen LogP contribution in [0, 0.1) is 0 Å². The first-order chi connectivity index (χ1) is 11.6. The Hall–Kier alpha value is -2.33. The van der Waals surface area contributed by atoms with E-state index in [1.165, 1.54) is 0 Å². The Kier molecular flexibility index (Phi) is 3.77. The topological polar surface area (TPSA) is 29.5 Å². The quantitative estimate of drug-likeness (QED) is 0.630. The van der Waals surface area contributed by atoms with Crippen LogP contribution >= 0.6 is 15.9 Å². The van der Waals surface area contributed by atoms with Crippen molar-refractivity contribution in [2.75, 3.05) is 4.90 Å². The fourth-order valence-electron chi connectivity index (χ4n) is 3.09. The Labute approximate surface area is 149 Å². The maximum absolute atomic E-state index is 12.7. The minimum Gasteiger partial charge on any atom is -0.478 e. The number of ether oxygens (including phenoxy) is 1. The molecule has 4 heteroatoms. The minimum absolute atomic E-state index is 0.0199.